The molecular weight excluding hydrogens is 461 g/mol. The molecule has 2 aliphatic heterocycles. The lowest BCUT2D eigenvalue weighted by Gasteiger charge is -2.39. The predicted octanol–water partition coefficient (Wildman–Crippen LogP) is 3.16. The number of carbonyl (C=O) groups is 2. The number of carbonyl (C=O) groups excluding carboxylic acids is 2. The summed E-state index contributed by atoms with van der Waals surface area (Å²) in [5.74, 6) is -0.973. The van der Waals surface area contributed by atoms with Gasteiger partial charge in [-0.3, -0.25) is 9.78 Å². The normalized spacial score (nSPS) is 24.6. The van der Waals surface area contributed by atoms with Crippen molar-refractivity contribution in [2.75, 3.05) is 6.54 Å². The molecule has 7 nitrogen and oxygen atoms in total. The first kappa shape index (κ1) is 22.2. The minimum atomic E-state index is -4.12. The number of piperidine rings is 1. The summed E-state index contributed by atoms with van der Waals surface area (Å²) in [5.41, 5.74) is 0.674. The first-order chi connectivity index (χ1) is 14.8. The lowest BCUT2D eigenvalue weighted by Crippen LogP contribution is -2.54. The van der Waals surface area contributed by atoms with Gasteiger partial charge in [-0.2, -0.15) is 4.31 Å². The molecular formula is C21H21Cl2N3O4S. The van der Waals surface area contributed by atoms with Gasteiger partial charge in [0, 0.05) is 34.7 Å². The van der Waals surface area contributed by atoms with Gasteiger partial charge in [-0.25, -0.2) is 8.42 Å². The highest BCUT2D eigenvalue weighted by atomic mass is 35.5. The van der Waals surface area contributed by atoms with E-state index in [1.165, 1.54) is 22.5 Å². The highest BCUT2D eigenvalue weighted by Gasteiger charge is 2.50. The third kappa shape index (κ3) is 4.35. The van der Waals surface area contributed by atoms with E-state index in [1.807, 2.05) is 6.07 Å². The number of sulfonamides is 1. The molecule has 1 amide bonds. The van der Waals surface area contributed by atoms with Crippen LogP contribution in [-0.4, -0.2) is 53.4 Å². The van der Waals surface area contributed by atoms with E-state index in [4.69, 9.17) is 23.2 Å². The Balaban J connectivity index is 1.76. The average molecular weight is 482 g/mol. The van der Waals surface area contributed by atoms with Crippen LogP contribution in [0.1, 0.15) is 25.0 Å². The molecule has 3 heterocycles. The summed E-state index contributed by atoms with van der Waals surface area (Å²) in [6, 6.07) is 7.96. The number of hydrogen-bond donors (Lipinski definition) is 0. The van der Waals surface area contributed by atoms with Crippen molar-refractivity contribution in [3.63, 3.8) is 0 Å². The van der Waals surface area contributed by atoms with Crippen LogP contribution in [0, 0.1) is 5.92 Å². The molecule has 0 spiro atoms. The largest absolute Gasteiger partial charge is 0.335 e. The van der Waals surface area contributed by atoms with Gasteiger partial charge in [0.15, 0.2) is 0 Å². The van der Waals surface area contributed by atoms with Crippen molar-refractivity contribution in [2.24, 2.45) is 5.92 Å². The Morgan fingerprint density at radius 3 is 2.52 bits per heavy atom. The molecule has 1 aromatic heterocycles. The van der Waals surface area contributed by atoms with E-state index >= 15 is 0 Å². The lowest BCUT2D eigenvalue weighted by atomic mass is 9.91. The Labute approximate surface area is 191 Å². The summed E-state index contributed by atoms with van der Waals surface area (Å²) >= 11 is 12.1. The molecule has 1 aromatic carbocycles. The highest BCUT2D eigenvalue weighted by molar-refractivity contribution is 7.89. The molecule has 2 fully saturated rings. The zero-order valence-corrected chi connectivity index (χ0v) is 18.9. The van der Waals surface area contributed by atoms with Crippen LogP contribution in [0.3, 0.4) is 0 Å². The third-order valence-electron chi connectivity index (χ3n) is 5.80. The van der Waals surface area contributed by atoms with Crippen molar-refractivity contribution in [2.45, 2.75) is 42.8 Å². The van der Waals surface area contributed by atoms with Crippen molar-refractivity contribution in [3.05, 3.63) is 58.3 Å². The number of nitrogens with zero attached hydrogens (tertiary/aromatic N) is 3. The molecule has 3 atom stereocenters. The maximum Gasteiger partial charge on any atom is 0.244 e. The minimum Gasteiger partial charge on any atom is -0.335 e. The number of amides is 1. The standard InChI is InChI=1S/C21H21Cl2N3O4S/c22-15-8-16(23)10-18(9-15)31(29,30)26-19-5-3-6-20(26)21(28)25(11-14(19)13-27)12-17-4-1-2-7-24-17/h1-2,4,7-10,13-14,19-20H,3,5-6,11-12H2. The summed E-state index contributed by atoms with van der Waals surface area (Å²) < 4.78 is 28.5. The Morgan fingerprint density at radius 2 is 1.87 bits per heavy atom. The van der Waals surface area contributed by atoms with Crippen LogP contribution < -0.4 is 0 Å². The zero-order chi connectivity index (χ0) is 22.2. The SMILES string of the molecule is O=CC1CN(Cc2ccccn2)C(=O)C2CCCC1N2S(=O)(=O)c1cc(Cl)cc(Cl)c1. The second-order valence-electron chi connectivity index (χ2n) is 7.79. The molecule has 2 aliphatic rings. The van der Waals surface area contributed by atoms with Crippen LogP contribution in [0.25, 0.3) is 0 Å². The average Bonchev–Trinajstić information content (AvgIpc) is 2.81. The Morgan fingerprint density at radius 1 is 1.13 bits per heavy atom. The maximum absolute atomic E-state index is 13.6. The Hall–Kier alpha value is -2.00. The molecule has 4 rings (SSSR count). The van der Waals surface area contributed by atoms with E-state index in [2.05, 4.69) is 4.98 Å². The maximum atomic E-state index is 13.6. The lowest BCUT2D eigenvalue weighted by molar-refractivity contribution is -0.135. The van der Waals surface area contributed by atoms with Gasteiger partial charge in [0.2, 0.25) is 15.9 Å². The summed E-state index contributed by atoms with van der Waals surface area (Å²) in [6.45, 7) is 0.354. The van der Waals surface area contributed by atoms with Crippen molar-refractivity contribution >= 4 is 45.4 Å². The van der Waals surface area contributed by atoms with Crippen LogP contribution in [-0.2, 0) is 26.2 Å². The van der Waals surface area contributed by atoms with E-state index in [0.717, 1.165) is 6.29 Å². The van der Waals surface area contributed by atoms with E-state index in [1.54, 1.807) is 23.2 Å². The van der Waals surface area contributed by atoms with E-state index < -0.39 is 28.0 Å². The molecule has 2 saturated heterocycles. The summed E-state index contributed by atoms with van der Waals surface area (Å²) in [4.78, 5) is 31.2. The number of aldehydes is 1. The highest BCUT2D eigenvalue weighted by Crippen LogP contribution is 2.37. The fraction of sp³-hybridized carbons (Fsp3) is 0.381. The van der Waals surface area contributed by atoms with Gasteiger partial charge in [0.25, 0.3) is 0 Å². The predicted molar refractivity (Wildman–Crippen MR) is 116 cm³/mol. The van der Waals surface area contributed by atoms with Crippen LogP contribution in [0.2, 0.25) is 10.0 Å². The summed E-state index contributed by atoms with van der Waals surface area (Å²) in [5, 5.41) is 0.363. The van der Waals surface area contributed by atoms with Crippen molar-refractivity contribution < 1.29 is 18.0 Å². The second-order valence-corrected chi connectivity index (χ2v) is 10.5. The Kier molecular flexibility index (Phi) is 6.35. The van der Waals surface area contributed by atoms with Crippen molar-refractivity contribution in [1.29, 1.82) is 0 Å². The molecule has 2 aromatic rings. The molecule has 10 heteroatoms. The monoisotopic (exact) mass is 481 g/mol. The Bertz CT molecular complexity index is 1080. The minimum absolute atomic E-state index is 0.0856. The van der Waals surface area contributed by atoms with Crippen LogP contribution >= 0.6 is 23.2 Å². The molecule has 31 heavy (non-hydrogen) atoms. The molecule has 0 aliphatic carbocycles. The first-order valence-corrected chi connectivity index (χ1v) is 12.1. The van der Waals surface area contributed by atoms with Gasteiger partial charge >= 0.3 is 0 Å². The summed E-state index contributed by atoms with van der Waals surface area (Å²) in [7, 11) is -4.12. The van der Waals surface area contributed by atoms with Gasteiger partial charge in [-0.15, -0.1) is 0 Å². The number of rotatable bonds is 5. The van der Waals surface area contributed by atoms with Crippen LogP contribution in [0.4, 0.5) is 0 Å². The smallest absolute Gasteiger partial charge is 0.244 e. The molecule has 2 bridgehead atoms. The topological polar surface area (TPSA) is 87.7 Å². The molecule has 3 unspecified atom stereocenters. The second kappa shape index (κ2) is 8.86. The van der Waals surface area contributed by atoms with Crippen LogP contribution in [0.5, 0.6) is 0 Å². The number of fused-ring (bicyclic) bond motifs is 2. The molecule has 164 valence electrons. The quantitative estimate of drug-likeness (QED) is 0.611. The van der Waals surface area contributed by atoms with Gasteiger partial charge in [-0.1, -0.05) is 29.3 Å². The van der Waals surface area contributed by atoms with Gasteiger partial charge in [0.1, 0.15) is 12.3 Å². The number of halogens is 2. The zero-order valence-electron chi connectivity index (χ0n) is 16.5. The van der Waals surface area contributed by atoms with Gasteiger partial charge in [0.05, 0.1) is 17.1 Å². The van der Waals surface area contributed by atoms with E-state index in [-0.39, 0.29) is 33.9 Å². The van der Waals surface area contributed by atoms with E-state index in [9.17, 15) is 18.0 Å². The van der Waals surface area contributed by atoms with Crippen molar-refractivity contribution in [3.8, 4) is 0 Å². The van der Waals surface area contributed by atoms with Crippen molar-refractivity contribution in [1.82, 2.24) is 14.2 Å². The number of pyridine rings is 1. The molecule has 0 radical (unpaired) electrons. The number of hydrogen-bond acceptors (Lipinski definition) is 5. The fourth-order valence-electron chi connectivity index (χ4n) is 4.43. The fourth-order valence-corrected chi connectivity index (χ4v) is 7.03. The summed E-state index contributed by atoms with van der Waals surface area (Å²) in [6.07, 6.45) is 3.92. The molecule has 0 N–H and O–H groups in total. The van der Waals surface area contributed by atoms with E-state index in [0.29, 0.717) is 25.0 Å². The van der Waals surface area contributed by atoms with Gasteiger partial charge in [-0.05, 0) is 49.6 Å². The molecule has 0 saturated carbocycles. The third-order valence-corrected chi connectivity index (χ3v) is 8.15. The number of benzene rings is 1. The van der Waals surface area contributed by atoms with Crippen LogP contribution in [0.15, 0.2) is 47.5 Å². The number of aromatic nitrogens is 1. The first-order valence-electron chi connectivity index (χ1n) is 9.95. The van der Waals surface area contributed by atoms with Gasteiger partial charge < -0.3 is 9.69 Å².